The van der Waals surface area contributed by atoms with E-state index in [-0.39, 0.29) is 5.91 Å². The first kappa shape index (κ1) is 13.8. The van der Waals surface area contributed by atoms with Gasteiger partial charge in [-0.05, 0) is 18.4 Å². The number of rotatable bonds is 4. The number of carbonyl (C=O) groups excluding carboxylic acids is 1. The van der Waals surface area contributed by atoms with E-state index in [1.165, 1.54) is 0 Å². The molecule has 0 aliphatic heterocycles. The monoisotopic (exact) mass is 264 g/mol. The van der Waals surface area contributed by atoms with Gasteiger partial charge in [-0.3, -0.25) is 4.79 Å². The summed E-state index contributed by atoms with van der Waals surface area (Å²) >= 11 is 0. The molecule has 0 radical (unpaired) electrons. The highest BCUT2D eigenvalue weighted by atomic mass is 16.2. The first-order chi connectivity index (χ1) is 9.65. The van der Waals surface area contributed by atoms with Crippen LogP contribution >= 0.6 is 0 Å². The molecule has 0 bridgehead atoms. The van der Waals surface area contributed by atoms with Crippen molar-refractivity contribution >= 4 is 22.4 Å². The number of benzene rings is 2. The number of amides is 1. The number of carbonyl (C=O) groups is 1. The van der Waals surface area contributed by atoms with Crippen LogP contribution in [0.5, 0.6) is 0 Å². The Hall–Kier alpha value is -2.60. The van der Waals surface area contributed by atoms with Gasteiger partial charge in [-0.1, -0.05) is 43.0 Å². The molecule has 0 aliphatic carbocycles. The van der Waals surface area contributed by atoms with E-state index >= 15 is 0 Å². The molecule has 0 saturated carbocycles. The summed E-state index contributed by atoms with van der Waals surface area (Å²) in [4.78, 5) is 13.9. The second kappa shape index (κ2) is 6.03. The smallest absolute Gasteiger partial charge is 0.253 e. The van der Waals surface area contributed by atoms with E-state index in [0.29, 0.717) is 18.5 Å². The maximum Gasteiger partial charge on any atom is 0.253 e. The molecule has 1 amide bonds. The number of fused-ring (bicyclic) bond motifs is 1. The van der Waals surface area contributed by atoms with Crippen molar-refractivity contribution in [2.75, 3.05) is 11.4 Å². The molecule has 0 spiro atoms. The van der Waals surface area contributed by atoms with Crippen LogP contribution in [-0.2, 0) is 4.79 Å². The predicted molar refractivity (Wildman–Crippen MR) is 81.3 cm³/mol. The van der Waals surface area contributed by atoms with Crippen LogP contribution in [-0.4, -0.2) is 12.5 Å². The zero-order chi connectivity index (χ0) is 14.5. The van der Waals surface area contributed by atoms with E-state index in [0.717, 1.165) is 16.5 Å². The molecule has 0 aromatic heterocycles. The maximum absolute atomic E-state index is 12.3. The molecule has 2 aromatic carbocycles. The molecule has 2 aromatic rings. The van der Waals surface area contributed by atoms with E-state index in [4.69, 9.17) is 5.26 Å². The van der Waals surface area contributed by atoms with E-state index in [2.05, 4.69) is 12.6 Å². The Morgan fingerprint density at radius 3 is 2.65 bits per heavy atom. The second-order valence-corrected chi connectivity index (χ2v) is 4.64. The molecule has 0 saturated heterocycles. The normalized spacial score (nSPS) is 10.0. The molecule has 0 fully saturated rings. The number of hydrogen-bond donors (Lipinski definition) is 0. The van der Waals surface area contributed by atoms with E-state index in [9.17, 15) is 4.79 Å². The van der Waals surface area contributed by atoms with Crippen LogP contribution in [0.4, 0.5) is 5.69 Å². The topological polar surface area (TPSA) is 44.1 Å². The summed E-state index contributed by atoms with van der Waals surface area (Å²) in [6.07, 6.45) is 0.294. The number of anilines is 1. The van der Waals surface area contributed by atoms with Crippen molar-refractivity contribution in [1.82, 2.24) is 0 Å². The molecule has 0 aliphatic rings. The van der Waals surface area contributed by atoms with Gasteiger partial charge in [0, 0.05) is 17.5 Å². The van der Waals surface area contributed by atoms with Crippen LogP contribution in [0.2, 0.25) is 0 Å². The minimum atomic E-state index is -0.142. The zero-order valence-corrected chi connectivity index (χ0v) is 11.5. The van der Waals surface area contributed by atoms with Gasteiger partial charge in [0.1, 0.15) is 0 Å². The quantitative estimate of drug-likeness (QED) is 0.791. The summed E-state index contributed by atoms with van der Waals surface area (Å²) in [7, 11) is 0. The predicted octanol–water partition coefficient (Wildman–Crippen LogP) is 3.66. The zero-order valence-electron chi connectivity index (χ0n) is 11.5. The van der Waals surface area contributed by atoms with Crippen LogP contribution in [0.15, 0.2) is 54.6 Å². The lowest BCUT2D eigenvalue weighted by molar-refractivity contribution is -0.115. The van der Waals surface area contributed by atoms with Gasteiger partial charge in [0.05, 0.1) is 18.2 Å². The van der Waals surface area contributed by atoms with Crippen LogP contribution in [0, 0.1) is 11.3 Å². The van der Waals surface area contributed by atoms with Gasteiger partial charge < -0.3 is 4.90 Å². The highest BCUT2D eigenvalue weighted by molar-refractivity contribution is 6.09. The summed E-state index contributed by atoms with van der Waals surface area (Å²) in [6, 6.07) is 15.8. The van der Waals surface area contributed by atoms with Crippen molar-refractivity contribution < 1.29 is 4.79 Å². The molecule has 0 N–H and O–H groups in total. The fourth-order valence-electron chi connectivity index (χ4n) is 2.17. The number of hydrogen-bond acceptors (Lipinski definition) is 2. The molecule has 0 unspecified atom stereocenters. The van der Waals surface area contributed by atoms with Crippen molar-refractivity contribution in [3.05, 3.63) is 54.6 Å². The molecular weight excluding hydrogens is 248 g/mol. The minimum absolute atomic E-state index is 0.142. The van der Waals surface area contributed by atoms with E-state index in [1.54, 1.807) is 11.8 Å². The average molecular weight is 264 g/mol. The Bertz CT molecular complexity index is 692. The maximum atomic E-state index is 12.3. The van der Waals surface area contributed by atoms with Crippen LogP contribution < -0.4 is 4.90 Å². The minimum Gasteiger partial charge on any atom is -0.307 e. The van der Waals surface area contributed by atoms with E-state index < -0.39 is 0 Å². The molecule has 100 valence electrons. The molecule has 0 atom stereocenters. The van der Waals surface area contributed by atoms with Gasteiger partial charge >= 0.3 is 0 Å². The average Bonchev–Trinajstić information content (AvgIpc) is 2.47. The van der Waals surface area contributed by atoms with Crippen LogP contribution in [0.25, 0.3) is 10.8 Å². The Labute approximate surface area is 118 Å². The third-order valence-corrected chi connectivity index (χ3v) is 3.11. The Morgan fingerprint density at radius 2 is 1.95 bits per heavy atom. The highest BCUT2D eigenvalue weighted by Crippen LogP contribution is 2.27. The molecule has 2 rings (SSSR count). The lowest BCUT2D eigenvalue weighted by Gasteiger charge is -2.23. The Balaban J connectivity index is 2.53. The van der Waals surface area contributed by atoms with Gasteiger partial charge in [-0.15, -0.1) is 0 Å². The van der Waals surface area contributed by atoms with Gasteiger partial charge in [0.15, 0.2) is 0 Å². The summed E-state index contributed by atoms with van der Waals surface area (Å²) in [5.74, 6) is -0.142. The van der Waals surface area contributed by atoms with Crippen LogP contribution in [0.3, 0.4) is 0 Å². The largest absolute Gasteiger partial charge is 0.307 e. The molecule has 0 heterocycles. The third kappa shape index (κ3) is 2.70. The van der Waals surface area contributed by atoms with Gasteiger partial charge in [0.25, 0.3) is 5.91 Å². The first-order valence-corrected chi connectivity index (χ1v) is 6.47. The number of nitriles is 1. The molecule has 3 nitrogen and oxygen atoms in total. The molecule has 3 heteroatoms. The lowest BCUT2D eigenvalue weighted by atomic mass is 10.1. The third-order valence-electron chi connectivity index (χ3n) is 3.11. The second-order valence-electron chi connectivity index (χ2n) is 4.64. The summed E-state index contributed by atoms with van der Waals surface area (Å²) in [5, 5.41) is 10.9. The van der Waals surface area contributed by atoms with Crippen molar-refractivity contribution in [2.45, 2.75) is 13.3 Å². The Morgan fingerprint density at radius 1 is 1.25 bits per heavy atom. The fourth-order valence-corrected chi connectivity index (χ4v) is 2.17. The van der Waals surface area contributed by atoms with Gasteiger partial charge in [-0.2, -0.15) is 5.26 Å². The number of nitrogens with zero attached hydrogens (tertiary/aromatic N) is 2. The standard InChI is InChI=1S/C17H16N2O/c1-13(2)17(20)19(12-6-11-18)16-10-5-8-14-7-3-4-9-15(14)16/h3-5,7-10H,1,6,12H2,2H3. The first-order valence-electron chi connectivity index (χ1n) is 6.47. The molecule has 20 heavy (non-hydrogen) atoms. The summed E-state index contributed by atoms with van der Waals surface area (Å²) < 4.78 is 0. The Kier molecular flexibility index (Phi) is 4.17. The van der Waals surface area contributed by atoms with Gasteiger partial charge in [0.2, 0.25) is 0 Å². The summed E-state index contributed by atoms with van der Waals surface area (Å²) in [6.45, 7) is 5.77. The van der Waals surface area contributed by atoms with Crippen molar-refractivity contribution in [2.24, 2.45) is 0 Å². The molecular formula is C17H16N2O. The van der Waals surface area contributed by atoms with Crippen molar-refractivity contribution in [1.29, 1.82) is 5.26 Å². The lowest BCUT2D eigenvalue weighted by Crippen LogP contribution is -2.32. The highest BCUT2D eigenvalue weighted by Gasteiger charge is 2.17. The van der Waals surface area contributed by atoms with Gasteiger partial charge in [-0.25, -0.2) is 0 Å². The summed E-state index contributed by atoms with van der Waals surface area (Å²) in [5.41, 5.74) is 1.29. The van der Waals surface area contributed by atoms with E-state index in [1.807, 2.05) is 42.5 Å². The SMILES string of the molecule is C=C(C)C(=O)N(CCC#N)c1cccc2ccccc12. The van der Waals surface area contributed by atoms with Crippen LogP contribution in [0.1, 0.15) is 13.3 Å². The van der Waals surface area contributed by atoms with Crippen molar-refractivity contribution in [3.63, 3.8) is 0 Å². The van der Waals surface area contributed by atoms with Crippen molar-refractivity contribution in [3.8, 4) is 6.07 Å². The fraction of sp³-hybridized carbons (Fsp3) is 0.176.